The second-order valence-electron chi connectivity index (χ2n) is 4.50. The van der Waals surface area contributed by atoms with Crippen LogP contribution in [0.5, 0.6) is 5.75 Å². The first kappa shape index (κ1) is 12.9. The van der Waals surface area contributed by atoms with Crippen molar-refractivity contribution >= 4 is 5.97 Å². The van der Waals surface area contributed by atoms with Crippen molar-refractivity contribution < 1.29 is 14.3 Å². The van der Waals surface area contributed by atoms with Gasteiger partial charge in [-0.3, -0.25) is 4.79 Å². The topological polar surface area (TPSA) is 47.6 Å². The van der Waals surface area contributed by atoms with Crippen molar-refractivity contribution in [2.75, 3.05) is 20.8 Å². The summed E-state index contributed by atoms with van der Waals surface area (Å²) in [6, 6.07) is 8.24. The van der Waals surface area contributed by atoms with Gasteiger partial charge < -0.3 is 14.8 Å². The fourth-order valence-corrected chi connectivity index (χ4v) is 2.44. The largest absolute Gasteiger partial charge is 0.496 e. The van der Waals surface area contributed by atoms with Crippen molar-refractivity contribution in [1.82, 2.24) is 5.32 Å². The van der Waals surface area contributed by atoms with Crippen LogP contribution in [0.15, 0.2) is 24.3 Å². The highest BCUT2D eigenvalue weighted by atomic mass is 16.5. The molecular weight excluding hydrogens is 230 g/mol. The van der Waals surface area contributed by atoms with Crippen molar-refractivity contribution in [2.45, 2.75) is 18.9 Å². The quantitative estimate of drug-likeness (QED) is 0.831. The van der Waals surface area contributed by atoms with Crippen LogP contribution >= 0.6 is 0 Å². The van der Waals surface area contributed by atoms with Gasteiger partial charge in [-0.15, -0.1) is 0 Å². The van der Waals surface area contributed by atoms with Crippen LogP contribution in [0, 0.1) is 5.92 Å². The van der Waals surface area contributed by atoms with Crippen molar-refractivity contribution in [3.8, 4) is 5.75 Å². The lowest BCUT2D eigenvalue weighted by atomic mass is 9.90. The molecule has 0 saturated carbocycles. The van der Waals surface area contributed by atoms with Crippen LogP contribution in [0.3, 0.4) is 0 Å². The molecule has 2 rings (SSSR count). The molecular formula is C14H19NO3. The zero-order valence-electron chi connectivity index (χ0n) is 10.8. The summed E-state index contributed by atoms with van der Waals surface area (Å²) in [6.07, 6.45) is 1.77. The first-order valence-electron chi connectivity index (χ1n) is 6.20. The number of ether oxygens (including phenoxy) is 2. The minimum atomic E-state index is -0.124. The third-order valence-corrected chi connectivity index (χ3v) is 3.46. The molecule has 0 bridgehead atoms. The molecule has 0 aliphatic carbocycles. The number of methoxy groups -OCH3 is 2. The summed E-state index contributed by atoms with van der Waals surface area (Å²) in [5.41, 5.74) is 1.16. The molecule has 1 aliphatic heterocycles. The average Bonchev–Trinajstić information content (AvgIpc) is 2.46. The van der Waals surface area contributed by atoms with E-state index in [1.807, 2.05) is 18.2 Å². The van der Waals surface area contributed by atoms with Crippen molar-refractivity contribution in [1.29, 1.82) is 0 Å². The predicted octanol–water partition coefficient (Wildman–Crippen LogP) is 1.91. The Balaban J connectivity index is 2.03. The maximum Gasteiger partial charge on any atom is 0.309 e. The van der Waals surface area contributed by atoms with E-state index in [-0.39, 0.29) is 17.9 Å². The fraction of sp³-hybridized carbons (Fsp3) is 0.500. The zero-order valence-corrected chi connectivity index (χ0v) is 10.8. The molecule has 0 radical (unpaired) electrons. The molecule has 1 N–H and O–H groups in total. The lowest BCUT2D eigenvalue weighted by Gasteiger charge is -2.29. The summed E-state index contributed by atoms with van der Waals surface area (Å²) >= 11 is 0. The number of para-hydroxylation sites is 1. The van der Waals surface area contributed by atoms with E-state index in [1.54, 1.807) is 7.11 Å². The molecule has 1 aromatic rings. The second-order valence-corrected chi connectivity index (χ2v) is 4.50. The molecule has 0 spiro atoms. The van der Waals surface area contributed by atoms with Gasteiger partial charge in [-0.1, -0.05) is 18.2 Å². The highest BCUT2D eigenvalue weighted by Crippen LogP contribution is 2.31. The van der Waals surface area contributed by atoms with Gasteiger partial charge in [-0.05, 0) is 18.9 Å². The van der Waals surface area contributed by atoms with Gasteiger partial charge >= 0.3 is 5.97 Å². The van der Waals surface area contributed by atoms with Gasteiger partial charge in [0, 0.05) is 18.2 Å². The summed E-state index contributed by atoms with van der Waals surface area (Å²) < 4.78 is 10.1. The number of benzene rings is 1. The fourth-order valence-electron chi connectivity index (χ4n) is 2.44. The highest BCUT2D eigenvalue weighted by molar-refractivity contribution is 5.72. The molecule has 1 heterocycles. The van der Waals surface area contributed by atoms with Crippen molar-refractivity contribution in [3.05, 3.63) is 29.8 Å². The van der Waals surface area contributed by atoms with Crippen LogP contribution in [0.4, 0.5) is 0 Å². The van der Waals surface area contributed by atoms with E-state index >= 15 is 0 Å². The highest BCUT2D eigenvalue weighted by Gasteiger charge is 2.28. The van der Waals surface area contributed by atoms with E-state index in [9.17, 15) is 4.79 Å². The molecule has 1 fully saturated rings. The molecule has 1 aliphatic rings. The average molecular weight is 249 g/mol. The Morgan fingerprint density at radius 3 is 2.67 bits per heavy atom. The van der Waals surface area contributed by atoms with Gasteiger partial charge in [0.15, 0.2) is 0 Å². The monoisotopic (exact) mass is 249 g/mol. The summed E-state index contributed by atoms with van der Waals surface area (Å²) in [5, 5.41) is 3.39. The maximum absolute atomic E-state index is 11.4. The first-order valence-corrected chi connectivity index (χ1v) is 6.20. The minimum absolute atomic E-state index is 0.0269. The number of esters is 1. The lowest BCUT2D eigenvalue weighted by molar-refractivity contribution is -0.146. The number of carbonyl (C=O) groups is 1. The van der Waals surface area contributed by atoms with Crippen LogP contribution < -0.4 is 10.1 Å². The van der Waals surface area contributed by atoms with E-state index in [0.29, 0.717) is 6.54 Å². The van der Waals surface area contributed by atoms with Gasteiger partial charge in [0.1, 0.15) is 5.75 Å². The standard InChI is InChI=1S/C14H19NO3/c1-17-13-6-4-3-5-11(13)12-8-7-10(9-15-12)14(16)18-2/h3-6,10,12,15H,7-9H2,1-2H3. The molecule has 2 unspecified atom stereocenters. The summed E-state index contributed by atoms with van der Waals surface area (Å²) in [4.78, 5) is 11.4. The van der Waals surface area contributed by atoms with E-state index in [1.165, 1.54) is 7.11 Å². The third-order valence-electron chi connectivity index (χ3n) is 3.46. The van der Waals surface area contributed by atoms with Crippen molar-refractivity contribution in [2.24, 2.45) is 5.92 Å². The minimum Gasteiger partial charge on any atom is -0.496 e. The Kier molecular flexibility index (Phi) is 4.20. The number of hydrogen-bond donors (Lipinski definition) is 1. The Bertz CT molecular complexity index is 411. The van der Waals surface area contributed by atoms with Gasteiger partial charge in [-0.25, -0.2) is 0 Å². The van der Waals surface area contributed by atoms with Gasteiger partial charge in [0.05, 0.1) is 20.1 Å². The molecule has 4 nitrogen and oxygen atoms in total. The van der Waals surface area contributed by atoms with Gasteiger partial charge in [0.2, 0.25) is 0 Å². The van der Waals surface area contributed by atoms with Gasteiger partial charge in [0.25, 0.3) is 0 Å². The van der Waals surface area contributed by atoms with Crippen LogP contribution in [0.1, 0.15) is 24.4 Å². The summed E-state index contributed by atoms with van der Waals surface area (Å²) in [6.45, 7) is 0.662. The molecule has 18 heavy (non-hydrogen) atoms. The number of nitrogens with one attached hydrogen (secondary N) is 1. The Morgan fingerprint density at radius 2 is 2.06 bits per heavy atom. The molecule has 0 amide bonds. The van der Waals surface area contributed by atoms with Crippen LogP contribution in [0.2, 0.25) is 0 Å². The smallest absolute Gasteiger partial charge is 0.309 e. The SMILES string of the molecule is COC(=O)C1CCC(c2ccccc2OC)NC1. The van der Waals surface area contributed by atoms with Crippen molar-refractivity contribution in [3.63, 3.8) is 0 Å². The molecule has 2 atom stereocenters. The van der Waals surface area contributed by atoms with Crippen LogP contribution in [-0.4, -0.2) is 26.7 Å². The van der Waals surface area contributed by atoms with Gasteiger partial charge in [-0.2, -0.15) is 0 Å². The predicted molar refractivity (Wildman–Crippen MR) is 68.5 cm³/mol. The Hall–Kier alpha value is -1.55. The summed E-state index contributed by atoms with van der Waals surface area (Å²) in [5.74, 6) is 0.744. The molecule has 4 heteroatoms. The van der Waals surface area contributed by atoms with E-state index < -0.39 is 0 Å². The van der Waals surface area contributed by atoms with E-state index in [0.717, 1.165) is 24.2 Å². The van der Waals surface area contributed by atoms with E-state index in [4.69, 9.17) is 9.47 Å². The molecule has 0 aromatic heterocycles. The third kappa shape index (κ3) is 2.64. The number of rotatable bonds is 3. The lowest BCUT2D eigenvalue weighted by Crippen LogP contribution is -2.37. The van der Waals surface area contributed by atoms with Crippen LogP contribution in [0.25, 0.3) is 0 Å². The number of hydrogen-bond acceptors (Lipinski definition) is 4. The Labute approximate surface area is 107 Å². The first-order chi connectivity index (χ1) is 8.76. The molecule has 1 aromatic carbocycles. The number of piperidine rings is 1. The summed E-state index contributed by atoms with van der Waals surface area (Å²) in [7, 11) is 3.12. The Morgan fingerprint density at radius 1 is 1.28 bits per heavy atom. The normalized spacial score (nSPS) is 23.4. The zero-order chi connectivity index (χ0) is 13.0. The molecule has 98 valence electrons. The van der Waals surface area contributed by atoms with E-state index in [2.05, 4.69) is 11.4 Å². The number of carbonyl (C=O) groups excluding carboxylic acids is 1. The second kappa shape index (κ2) is 5.87. The molecule has 1 saturated heterocycles. The maximum atomic E-state index is 11.4. The van der Waals surface area contributed by atoms with Crippen LogP contribution in [-0.2, 0) is 9.53 Å².